The van der Waals surface area contributed by atoms with Crippen LogP contribution in [0.3, 0.4) is 0 Å². The number of anilines is 1. The van der Waals surface area contributed by atoms with Crippen LogP contribution in [0.15, 0.2) is 30.5 Å². The zero-order chi connectivity index (χ0) is 24.0. The van der Waals surface area contributed by atoms with E-state index in [0.717, 1.165) is 38.5 Å². The van der Waals surface area contributed by atoms with Gasteiger partial charge in [0.2, 0.25) is 11.8 Å². The standard InChI is InChI=1S/C24H32FN5O3/c1-3-30-20(12-13-27-30)23(32)29-21(16-8-6-4-5-7-9-16)24(33)28-19-11-10-17(14-18(19)25)15(2)22(26)31/h10-16,21H,3-9H2,1-2H3,(H2,26,31)(H,28,33)(H,29,32)/t15-,21+/m1/s1. The molecule has 4 N–H and O–H groups in total. The number of hydrogen-bond acceptors (Lipinski definition) is 4. The summed E-state index contributed by atoms with van der Waals surface area (Å²) in [4.78, 5) is 37.6. The number of nitrogens with zero attached hydrogens (tertiary/aromatic N) is 2. The van der Waals surface area contributed by atoms with E-state index >= 15 is 0 Å². The number of benzene rings is 1. The summed E-state index contributed by atoms with van der Waals surface area (Å²) in [6, 6.07) is 4.98. The number of hydrogen-bond donors (Lipinski definition) is 3. The van der Waals surface area contributed by atoms with Crippen molar-refractivity contribution >= 4 is 23.4 Å². The Morgan fingerprint density at radius 1 is 1.18 bits per heavy atom. The van der Waals surface area contributed by atoms with Crippen molar-refractivity contribution in [3.63, 3.8) is 0 Å². The summed E-state index contributed by atoms with van der Waals surface area (Å²) in [5.41, 5.74) is 6.10. The van der Waals surface area contributed by atoms with Crippen molar-refractivity contribution in [3.8, 4) is 0 Å². The number of nitrogens with one attached hydrogen (secondary N) is 2. The second kappa shape index (κ2) is 11.1. The van der Waals surface area contributed by atoms with E-state index in [4.69, 9.17) is 5.73 Å². The average molecular weight is 458 g/mol. The van der Waals surface area contributed by atoms with Gasteiger partial charge in [0.05, 0.1) is 11.6 Å². The van der Waals surface area contributed by atoms with E-state index in [1.807, 2.05) is 6.92 Å². The first kappa shape index (κ1) is 24.4. The molecule has 0 bridgehead atoms. The summed E-state index contributed by atoms with van der Waals surface area (Å²) in [7, 11) is 0. The highest BCUT2D eigenvalue weighted by atomic mass is 19.1. The van der Waals surface area contributed by atoms with Crippen LogP contribution in [-0.4, -0.2) is 33.5 Å². The quantitative estimate of drug-likeness (QED) is 0.527. The molecule has 8 nitrogen and oxygen atoms in total. The average Bonchev–Trinajstić information content (AvgIpc) is 3.12. The summed E-state index contributed by atoms with van der Waals surface area (Å²) in [5.74, 6) is -2.77. The smallest absolute Gasteiger partial charge is 0.270 e. The Morgan fingerprint density at radius 2 is 1.88 bits per heavy atom. The predicted octanol–water partition coefficient (Wildman–Crippen LogP) is 3.34. The Kier molecular flexibility index (Phi) is 8.19. The number of aromatic nitrogens is 2. The van der Waals surface area contributed by atoms with Crippen molar-refractivity contribution in [1.29, 1.82) is 0 Å². The highest BCUT2D eigenvalue weighted by Gasteiger charge is 2.32. The van der Waals surface area contributed by atoms with Gasteiger partial charge in [0, 0.05) is 12.7 Å². The first-order chi connectivity index (χ1) is 15.8. The normalized spacial score (nSPS) is 16.5. The number of rotatable bonds is 8. The lowest BCUT2D eigenvalue weighted by molar-refractivity contribution is -0.120. The third-order valence-electron chi connectivity index (χ3n) is 6.37. The maximum Gasteiger partial charge on any atom is 0.270 e. The van der Waals surface area contributed by atoms with Crippen LogP contribution in [0.25, 0.3) is 0 Å². The molecule has 1 aromatic carbocycles. The molecule has 1 heterocycles. The van der Waals surface area contributed by atoms with Gasteiger partial charge in [-0.25, -0.2) is 4.39 Å². The molecule has 1 aliphatic rings. The van der Waals surface area contributed by atoms with Crippen molar-refractivity contribution in [2.45, 2.75) is 70.9 Å². The van der Waals surface area contributed by atoms with Crippen LogP contribution in [0, 0.1) is 11.7 Å². The molecule has 0 spiro atoms. The maximum atomic E-state index is 14.7. The van der Waals surface area contributed by atoms with E-state index in [2.05, 4.69) is 15.7 Å². The van der Waals surface area contributed by atoms with Gasteiger partial charge in [-0.05, 0) is 56.4 Å². The first-order valence-corrected chi connectivity index (χ1v) is 11.5. The van der Waals surface area contributed by atoms with Crippen LogP contribution in [0.4, 0.5) is 10.1 Å². The number of halogens is 1. The number of aryl methyl sites for hydroxylation is 1. The second-order valence-corrected chi connectivity index (χ2v) is 8.59. The molecule has 1 aromatic heterocycles. The maximum absolute atomic E-state index is 14.7. The minimum absolute atomic E-state index is 0.00751. The SMILES string of the molecule is CCn1nccc1C(=O)N[C@H](C(=O)Nc1ccc([C@@H](C)C(N)=O)cc1F)C1CCCCCC1. The fourth-order valence-electron chi connectivity index (χ4n) is 4.31. The number of carbonyl (C=O) groups excluding carboxylic acids is 3. The lowest BCUT2D eigenvalue weighted by Gasteiger charge is -2.26. The van der Waals surface area contributed by atoms with Gasteiger partial charge in [0.15, 0.2) is 0 Å². The van der Waals surface area contributed by atoms with E-state index in [1.54, 1.807) is 29.9 Å². The Labute approximate surface area is 193 Å². The number of carbonyl (C=O) groups is 3. The highest BCUT2D eigenvalue weighted by molar-refractivity contribution is 6.00. The summed E-state index contributed by atoms with van der Waals surface area (Å²) < 4.78 is 16.3. The van der Waals surface area contributed by atoms with Crippen LogP contribution < -0.4 is 16.4 Å². The molecular weight excluding hydrogens is 425 g/mol. The van der Waals surface area contributed by atoms with Crippen molar-refractivity contribution < 1.29 is 18.8 Å². The third kappa shape index (κ3) is 5.97. The molecule has 1 aliphatic carbocycles. The minimum atomic E-state index is -0.806. The van der Waals surface area contributed by atoms with Crippen LogP contribution in [0.2, 0.25) is 0 Å². The minimum Gasteiger partial charge on any atom is -0.369 e. The molecule has 3 amide bonds. The largest absolute Gasteiger partial charge is 0.369 e. The van der Waals surface area contributed by atoms with Crippen molar-refractivity contribution in [2.24, 2.45) is 11.7 Å². The Balaban J connectivity index is 1.81. The fraction of sp³-hybridized carbons (Fsp3) is 0.500. The van der Waals surface area contributed by atoms with E-state index in [1.165, 1.54) is 12.1 Å². The molecule has 178 valence electrons. The van der Waals surface area contributed by atoms with Gasteiger partial charge in [-0.2, -0.15) is 5.10 Å². The Hall–Kier alpha value is -3.23. The number of amides is 3. The third-order valence-corrected chi connectivity index (χ3v) is 6.37. The lowest BCUT2D eigenvalue weighted by atomic mass is 9.90. The van der Waals surface area contributed by atoms with Gasteiger partial charge in [0.1, 0.15) is 17.6 Å². The van der Waals surface area contributed by atoms with E-state index in [0.29, 0.717) is 17.8 Å². The molecule has 2 aromatic rings. The van der Waals surface area contributed by atoms with Crippen LogP contribution in [0.5, 0.6) is 0 Å². The molecule has 33 heavy (non-hydrogen) atoms. The summed E-state index contributed by atoms with van der Waals surface area (Å²) >= 11 is 0. The van der Waals surface area contributed by atoms with Gasteiger partial charge in [-0.3, -0.25) is 19.1 Å². The fourth-order valence-corrected chi connectivity index (χ4v) is 4.31. The summed E-state index contributed by atoms with van der Waals surface area (Å²) in [6.07, 6.45) is 7.30. The first-order valence-electron chi connectivity index (χ1n) is 11.5. The Bertz CT molecular complexity index is 998. The molecule has 0 saturated heterocycles. The molecule has 1 saturated carbocycles. The van der Waals surface area contributed by atoms with Crippen molar-refractivity contribution in [3.05, 3.63) is 47.5 Å². The van der Waals surface area contributed by atoms with Gasteiger partial charge < -0.3 is 16.4 Å². The highest BCUT2D eigenvalue weighted by Crippen LogP contribution is 2.27. The molecule has 0 unspecified atom stereocenters. The molecule has 0 radical (unpaired) electrons. The molecular formula is C24H32FN5O3. The number of primary amides is 1. The molecule has 2 atom stereocenters. The summed E-state index contributed by atoms with van der Waals surface area (Å²) in [6.45, 7) is 4.00. The van der Waals surface area contributed by atoms with Gasteiger partial charge in [-0.15, -0.1) is 0 Å². The summed E-state index contributed by atoms with van der Waals surface area (Å²) in [5, 5.41) is 9.64. The van der Waals surface area contributed by atoms with E-state index in [-0.39, 0.29) is 17.5 Å². The zero-order valence-corrected chi connectivity index (χ0v) is 19.1. The Morgan fingerprint density at radius 3 is 2.48 bits per heavy atom. The van der Waals surface area contributed by atoms with Gasteiger partial charge >= 0.3 is 0 Å². The number of nitrogens with two attached hydrogens (primary N) is 1. The topological polar surface area (TPSA) is 119 Å². The molecule has 0 aliphatic heterocycles. The van der Waals surface area contributed by atoms with Crippen molar-refractivity contribution in [2.75, 3.05) is 5.32 Å². The van der Waals surface area contributed by atoms with E-state index < -0.39 is 29.6 Å². The van der Waals surface area contributed by atoms with Gasteiger partial charge in [-0.1, -0.05) is 31.7 Å². The molecule has 3 rings (SSSR count). The van der Waals surface area contributed by atoms with E-state index in [9.17, 15) is 18.8 Å². The second-order valence-electron chi connectivity index (χ2n) is 8.59. The van der Waals surface area contributed by atoms with Crippen LogP contribution in [0.1, 0.15) is 74.3 Å². The van der Waals surface area contributed by atoms with Crippen molar-refractivity contribution in [1.82, 2.24) is 15.1 Å². The van der Waals surface area contributed by atoms with Gasteiger partial charge in [0.25, 0.3) is 5.91 Å². The monoisotopic (exact) mass is 457 g/mol. The molecule has 9 heteroatoms. The zero-order valence-electron chi connectivity index (χ0n) is 19.1. The predicted molar refractivity (Wildman–Crippen MR) is 123 cm³/mol. The van der Waals surface area contributed by atoms with Crippen LogP contribution in [-0.2, 0) is 16.1 Å². The molecule has 1 fully saturated rings. The lowest BCUT2D eigenvalue weighted by Crippen LogP contribution is -2.49. The van der Waals surface area contributed by atoms with Crippen LogP contribution >= 0.6 is 0 Å².